The summed E-state index contributed by atoms with van der Waals surface area (Å²) in [5, 5.41) is 5.36. The smallest absolute Gasteiger partial charge is 0.148 e. The van der Waals surface area contributed by atoms with E-state index >= 15 is 0 Å². The van der Waals surface area contributed by atoms with E-state index < -0.39 is 0 Å². The Kier molecular flexibility index (Phi) is 3.73. The van der Waals surface area contributed by atoms with Crippen molar-refractivity contribution in [2.75, 3.05) is 0 Å². The number of benzene rings is 1. The Labute approximate surface area is 124 Å². The molecule has 0 bridgehead atoms. The predicted molar refractivity (Wildman–Crippen MR) is 83.5 cm³/mol. The number of fused-ring (bicyclic) bond motifs is 1. The summed E-state index contributed by atoms with van der Waals surface area (Å²) in [7, 11) is 0. The van der Waals surface area contributed by atoms with E-state index in [4.69, 9.17) is 10.2 Å². The summed E-state index contributed by atoms with van der Waals surface area (Å²) in [5.74, 6) is 0.858. The Morgan fingerprint density at radius 1 is 1.32 bits per heavy atom. The molecule has 0 aliphatic carbocycles. The van der Waals surface area contributed by atoms with E-state index in [0.717, 1.165) is 34.0 Å². The van der Waals surface area contributed by atoms with E-state index in [1.807, 2.05) is 24.3 Å². The Balaban J connectivity index is 1.77. The van der Waals surface area contributed by atoms with Crippen molar-refractivity contribution in [1.29, 1.82) is 0 Å². The van der Waals surface area contributed by atoms with Crippen LogP contribution in [0, 0.1) is 0 Å². The molecule has 1 atom stereocenters. The van der Waals surface area contributed by atoms with Crippen LogP contribution in [-0.4, -0.2) is 0 Å². The summed E-state index contributed by atoms with van der Waals surface area (Å²) >= 11 is 5.22. The number of furan rings is 1. The van der Waals surface area contributed by atoms with Gasteiger partial charge in [0.15, 0.2) is 0 Å². The SMILES string of the molecule is NC(CCc1ccsc1)c1cc2cccc(Br)c2o1. The number of para-hydroxylation sites is 1. The Hall–Kier alpha value is -1.10. The summed E-state index contributed by atoms with van der Waals surface area (Å²) in [5.41, 5.74) is 8.44. The quantitative estimate of drug-likeness (QED) is 0.737. The molecule has 0 amide bonds. The number of thiophene rings is 1. The molecule has 2 N–H and O–H groups in total. The van der Waals surface area contributed by atoms with Crippen molar-refractivity contribution in [2.24, 2.45) is 5.73 Å². The van der Waals surface area contributed by atoms with Crippen LogP contribution in [0.5, 0.6) is 0 Å². The first-order chi connectivity index (χ1) is 9.24. The van der Waals surface area contributed by atoms with E-state index in [2.05, 4.69) is 32.8 Å². The fourth-order valence-electron chi connectivity index (χ4n) is 2.13. The number of nitrogens with two attached hydrogens (primary N) is 1. The molecule has 0 radical (unpaired) electrons. The summed E-state index contributed by atoms with van der Waals surface area (Å²) in [6.45, 7) is 0. The molecule has 19 heavy (non-hydrogen) atoms. The van der Waals surface area contributed by atoms with Crippen LogP contribution in [0.4, 0.5) is 0 Å². The molecule has 0 aliphatic heterocycles. The van der Waals surface area contributed by atoms with E-state index in [-0.39, 0.29) is 6.04 Å². The van der Waals surface area contributed by atoms with E-state index in [9.17, 15) is 0 Å². The van der Waals surface area contributed by atoms with Gasteiger partial charge in [-0.05, 0) is 63.3 Å². The Morgan fingerprint density at radius 3 is 2.95 bits per heavy atom. The Morgan fingerprint density at radius 2 is 2.21 bits per heavy atom. The highest BCUT2D eigenvalue weighted by molar-refractivity contribution is 9.10. The average Bonchev–Trinajstić information content (AvgIpc) is 3.05. The lowest BCUT2D eigenvalue weighted by Crippen LogP contribution is -2.10. The third-order valence-electron chi connectivity index (χ3n) is 3.20. The van der Waals surface area contributed by atoms with E-state index in [0.29, 0.717) is 0 Å². The van der Waals surface area contributed by atoms with Crippen molar-refractivity contribution in [3.8, 4) is 0 Å². The molecule has 4 heteroatoms. The predicted octanol–water partition coefficient (Wildman–Crippen LogP) is 4.89. The van der Waals surface area contributed by atoms with Crippen LogP contribution >= 0.6 is 27.3 Å². The second kappa shape index (κ2) is 5.49. The first-order valence-electron chi connectivity index (χ1n) is 6.18. The van der Waals surface area contributed by atoms with Crippen LogP contribution in [0.15, 0.2) is 50.0 Å². The molecule has 0 fully saturated rings. The van der Waals surface area contributed by atoms with E-state index in [1.54, 1.807) is 11.3 Å². The molecular formula is C15H14BrNOS. The minimum absolute atomic E-state index is 0.0563. The van der Waals surface area contributed by atoms with Gasteiger partial charge in [0.1, 0.15) is 11.3 Å². The number of hydrogen-bond acceptors (Lipinski definition) is 3. The van der Waals surface area contributed by atoms with Crippen LogP contribution in [0.2, 0.25) is 0 Å². The van der Waals surface area contributed by atoms with Gasteiger partial charge in [0, 0.05) is 5.39 Å². The number of rotatable bonds is 4. The molecule has 3 rings (SSSR count). The van der Waals surface area contributed by atoms with Crippen LogP contribution < -0.4 is 5.73 Å². The van der Waals surface area contributed by atoms with Crippen molar-refractivity contribution in [3.05, 3.63) is 56.9 Å². The summed E-state index contributed by atoms with van der Waals surface area (Å²) in [4.78, 5) is 0. The average molecular weight is 336 g/mol. The molecule has 0 saturated carbocycles. The number of halogens is 1. The molecule has 0 spiro atoms. The highest BCUT2D eigenvalue weighted by Gasteiger charge is 2.13. The molecule has 1 unspecified atom stereocenters. The largest absolute Gasteiger partial charge is 0.458 e. The van der Waals surface area contributed by atoms with Gasteiger partial charge in [-0.25, -0.2) is 0 Å². The minimum Gasteiger partial charge on any atom is -0.458 e. The molecule has 3 aromatic rings. The zero-order valence-corrected chi connectivity index (χ0v) is 12.7. The number of hydrogen-bond donors (Lipinski definition) is 1. The summed E-state index contributed by atoms with van der Waals surface area (Å²) < 4.78 is 6.83. The second-order valence-corrected chi connectivity index (χ2v) is 6.22. The first kappa shape index (κ1) is 12.9. The number of aryl methyl sites for hydroxylation is 1. The molecule has 2 nitrogen and oxygen atoms in total. The van der Waals surface area contributed by atoms with Gasteiger partial charge in [-0.2, -0.15) is 11.3 Å². The third-order valence-corrected chi connectivity index (χ3v) is 4.56. The van der Waals surface area contributed by atoms with Gasteiger partial charge < -0.3 is 10.2 Å². The fourth-order valence-corrected chi connectivity index (χ4v) is 3.30. The van der Waals surface area contributed by atoms with Gasteiger partial charge in [-0.15, -0.1) is 0 Å². The van der Waals surface area contributed by atoms with Crippen LogP contribution in [-0.2, 0) is 6.42 Å². The van der Waals surface area contributed by atoms with Gasteiger partial charge in [0.05, 0.1) is 10.5 Å². The summed E-state index contributed by atoms with van der Waals surface area (Å²) in [6.07, 6.45) is 1.89. The van der Waals surface area contributed by atoms with Gasteiger partial charge in [-0.1, -0.05) is 12.1 Å². The molecule has 2 aromatic heterocycles. The highest BCUT2D eigenvalue weighted by atomic mass is 79.9. The molecule has 98 valence electrons. The highest BCUT2D eigenvalue weighted by Crippen LogP contribution is 2.30. The van der Waals surface area contributed by atoms with Gasteiger partial charge in [0.2, 0.25) is 0 Å². The monoisotopic (exact) mass is 335 g/mol. The van der Waals surface area contributed by atoms with Crippen LogP contribution in [0.3, 0.4) is 0 Å². The van der Waals surface area contributed by atoms with E-state index in [1.165, 1.54) is 5.56 Å². The molecular weight excluding hydrogens is 322 g/mol. The van der Waals surface area contributed by atoms with Crippen LogP contribution in [0.1, 0.15) is 23.8 Å². The second-order valence-electron chi connectivity index (χ2n) is 4.58. The zero-order valence-electron chi connectivity index (χ0n) is 10.3. The fraction of sp³-hybridized carbons (Fsp3) is 0.200. The van der Waals surface area contributed by atoms with Crippen molar-refractivity contribution in [3.63, 3.8) is 0 Å². The molecule has 1 aromatic carbocycles. The zero-order chi connectivity index (χ0) is 13.2. The van der Waals surface area contributed by atoms with Gasteiger partial charge in [0.25, 0.3) is 0 Å². The van der Waals surface area contributed by atoms with Crippen molar-refractivity contribution < 1.29 is 4.42 Å². The van der Waals surface area contributed by atoms with Crippen LogP contribution in [0.25, 0.3) is 11.0 Å². The topological polar surface area (TPSA) is 39.2 Å². The Bertz CT molecular complexity index is 675. The molecule has 2 heterocycles. The standard InChI is InChI=1S/C15H14BrNOS/c16-12-3-1-2-11-8-14(18-15(11)12)13(17)5-4-10-6-7-19-9-10/h1-3,6-9,13H,4-5,17H2. The van der Waals surface area contributed by atoms with Crippen molar-refractivity contribution in [2.45, 2.75) is 18.9 Å². The third kappa shape index (κ3) is 2.76. The van der Waals surface area contributed by atoms with Gasteiger partial charge >= 0.3 is 0 Å². The van der Waals surface area contributed by atoms with Crippen molar-refractivity contribution >= 4 is 38.2 Å². The lowest BCUT2D eigenvalue weighted by atomic mass is 10.1. The minimum atomic E-state index is -0.0563. The van der Waals surface area contributed by atoms with Gasteiger partial charge in [-0.3, -0.25) is 0 Å². The normalized spacial score (nSPS) is 12.9. The first-order valence-corrected chi connectivity index (χ1v) is 7.92. The maximum Gasteiger partial charge on any atom is 0.148 e. The summed E-state index contributed by atoms with van der Waals surface area (Å²) in [6, 6.07) is 10.2. The lowest BCUT2D eigenvalue weighted by molar-refractivity contribution is 0.477. The molecule has 0 saturated heterocycles. The lowest BCUT2D eigenvalue weighted by Gasteiger charge is -2.07. The maximum atomic E-state index is 6.22. The molecule has 0 aliphatic rings. The maximum absolute atomic E-state index is 6.22. The van der Waals surface area contributed by atoms with Crippen molar-refractivity contribution in [1.82, 2.24) is 0 Å².